The molecule has 1 fully saturated rings. The molecule has 0 aliphatic carbocycles. The molecule has 0 radical (unpaired) electrons. The number of hydrogen-bond acceptors (Lipinski definition) is 5. The van der Waals surface area contributed by atoms with E-state index in [0.29, 0.717) is 12.1 Å². The van der Waals surface area contributed by atoms with E-state index in [1.54, 1.807) is 0 Å². The lowest BCUT2D eigenvalue weighted by Crippen LogP contribution is -2.42. The minimum atomic E-state index is 0.223. The van der Waals surface area contributed by atoms with Crippen LogP contribution in [-0.4, -0.2) is 84.8 Å². The molecule has 1 saturated heterocycles. The molecule has 232 valence electrons. The van der Waals surface area contributed by atoms with Crippen LogP contribution in [0.2, 0.25) is 0 Å². The van der Waals surface area contributed by atoms with Gasteiger partial charge in [-0.25, -0.2) is 0 Å². The molecule has 5 heteroatoms. The van der Waals surface area contributed by atoms with Gasteiger partial charge in [0.05, 0.1) is 6.17 Å². The molecular formula is C32H79N5. The van der Waals surface area contributed by atoms with E-state index in [4.69, 9.17) is 5.73 Å². The summed E-state index contributed by atoms with van der Waals surface area (Å²) in [6, 6.07) is 2.10. The smallest absolute Gasteiger partial charge is 0.0543 e. The number of likely N-dealkylation sites (N-methyl/N-ethyl adjacent to an activating group) is 1. The number of unbranched alkanes of at least 4 members (excludes halogenated alkanes) is 2. The molecule has 0 saturated carbocycles. The van der Waals surface area contributed by atoms with Crippen LogP contribution in [0, 0.1) is 0 Å². The van der Waals surface area contributed by atoms with Crippen molar-refractivity contribution in [2.75, 3.05) is 45.8 Å². The number of rotatable bonds is 11. The second kappa shape index (κ2) is 37.9. The van der Waals surface area contributed by atoms with Crippen LogP contribution in [0.4, 0.5) is 0 Å². The molecule has 0 aromatic rings. The Morgan fingerprint density at radius 3 is 1.27 bits per heavy atom. The summed E-state index contributed by atoms with van der Waals surface area (Å²) in [6.45, 7) is 42.6. The maximum absolute atomic E-state index is 5.85. The second-order valence-electron chi connectivity index (χ2n) is 9.93. The number of nitrogens with two attached hydrogens (primary N) is 1. The topological polar surface area (TPSA) is 47.8 Å². The van der Waals surface area contributed by atoms with Crippen molar-refractivity contribution in [2.24, 2.45) is 5.73 Å². The summed E-state index contributed by atoms with van der Waals surface area (Å²) in [5, 5.41) is 3.21. The van der Waals surface area contributed by atoms with Crippen LogP contribution in [0.3, 0.4) is 0 Å². The molecule has 1 rings (SSSR count). The normalized spacial score (nSPS) is 15.3. The molecule has 1 heterocycles. The van der Waals surface area contributed by atoms with Crippen molar-refractivity contribution in [3.05, 3.63) is 0 Å². The summed E-state index contributed by atoms with van der Waals surface area (Å²) >= 11 is 0. The lowest BCUT2D eigenvalue weighted by atomic mass is 10.2. The zero-order chi connectivity index (χ0) is 30.2. The highest BCUT2D eigenvalue weighted by atomic mass is 15.3. The first-order valence-electron chi connectivity index (χ1n) is 16.2. The van der Waals surface area contributed by atoms with Gasteiger partial charge in [-0.3, -0.25) is 9.80 Å². The molecule has 0 bridgehead atoms. The average Bonchev–Trinajstić information content (AvgIpc) is 3.38. The fraction of sp³-hybridized carbons (Fsp3) is 1.00. The third kappa shape index (κ3) is 35.8. The minimum Gasteiger partial charge on any atom is -0.316 e. The van der Waals surface area contributed by atoms with E-state index in [1.165, 1.54) is 51.7 Å². The molecule has 2 unspecified atom stereocenters. The predicted molar refractivity (Wildman–Crippen MR) is 176 cm³/mol. The largest absolute Gasteiger partial charge is 0.316 e. The van der Waals surface area contributed by atoms with Crippen molar-refractivity contribution in [1.82, 2.24) is 20.0 Å². The molecule has 0 aromatic heterocycles. The van der Waals surface area contributed by atoms with Gasteiger partial charge in [-0.2, -0.15) is 0 Å². The van der Waals surface area contributed by atoms with Crippen LogP contribution < -0.4 is 11.1 Å². The summed E-state index contributed by atoms with van der Waals surface area (Å²) < 4.78 is 0. The van der Waals surface area contributed by atoms with Gasteiger partial charge in [0.25, 0.3) is 0 Å². The highest BCUT2D eigenvalue weighted by Gasteiger charge is 2.27. The number of nitrogens with zero attached hydrogens (tertiary/aromatic N) is 3. The first-order chi connectivity index (χ1) is 17.5. The standard InChI is InChI=1S/C10H23N3.C7H17N.C5H13N.2C4H10.C2H6/c1-4-12(5-2)10-6-7-13(8-10)9(3)11;1-5-8(6-2)7(3)4;1-4-6-5(2)3;2*1-3-4-2;1-2/h9-10H,4-8,11H2,1-3H3;7H,5-6H2,1-4H3;5-6H,4H2,1-3H3;2*3-4H2,1-2H3;1-2H3. The molecule has 0 aromatic carbocycles. The van der Waals surface area contributed by atoms with E-state index in [1.807, 2.05) is 13.8 Å². The third-order valence-electron chi connectivity index (χ3n) is 6.25. The fourth-order valence-corrected chi connectivity index (χ4v) is 3.54. The van der Waals surface area contributed by atoms with Crippen LogP contribution in [0.1, 0.15) is 143 Å². The summed E-state index contributed by atoms with van der Waals surface area (Å²) in [5.41, 5.74) is 5.85. The van der Waals surface area contributed by atoms with E-state index in [9.17, 15) is 0 Å². The maximum atomic E-state index is 5.85. The minimum absolute atomic E-state index is 0.223. The molecule has 0 spiro atoms. The van der Waals surface area contributed by atoms with E-state index in [2.05, 4.69) is 117 Å². The Labute approximate surface area is 238 Å². The van der Waals surface area contributed by atoms with E-state index in [0.717, 1.165) is 32.2 Å². The summed E-state index contributed by atoms with van der Waals surface area (Å²) in [4.78, 5) is 7.31. The van der Waals surface area contributed by atoms with Gasteiger partial charge in [-0.15, -0.1) is 0 Å². The van der Waals surface area contributed by atoms with Gasteiger partial charge in [-0.05, 0) is 59.9 Å². The SMILES string of the molecule is CC.CCCC.CCCC.CCN(CC)C(C)C.CCN(CC)C1CCN(C(C)N)C1.CCNC(C)C. The van der Waals surface area contributed by atoms with E-state index < -0.39 is 0 Å². The summed E-state index contributed by atoms with van der Waals surface area (Å²) in [6.07, 6.45) is 6.78. The van der Waals surface area contributed by atoms with Crippen LogP contribution >= 0.6 is 0 Å². The van der Waals surface area contributed by atoms with Gasteiger partial charge in [-0.1, -0.05) is 116 Å². The maximum Gasteiger partial charge on any atom is 0.0543 e. The highest BCUT2D eigenvalue weighted by Crippen LogP contribution is 2.15. The van der Waals surface area contributed by atoms with Gasteiger partial charge in [0.1, 0.15) is 0 Å². The summed E-state index contributed by atoms with van der Waals surface area (Å²) in [5.74, 6) is 0. The zero-order valence-electron chi connectivity index (χ0n) is 29.2. The molecule has 3 N–H and O–H groups in total. The van der Waals surface area contributed by atoms with Gasteiger partial charge in [0.15, 0.2) is 0 Å². The van der Waals surface area contributed by atoms with Gasteiger partial charge >= 0.3 is 0 Å². The van der Waals surface area contributed by atoms with Crippen LogP contribution in [0.25, 0.3) is 0 Å². The zero-order valence-corrected chi connectivity index (χ0v) is 29.2. The Morgan fingerprint density at radius 1 is 0.730 bits per heavy atom. The quantitative estimate of drug-likeness (QED) is 0.281. The highest BCUT2D eigenvalue weighted by molar-refractivity contribution is 4.83. The monoisotopic (exact) mass is 534 g/mol. The van der Waals surface area contributed by atoms with Gasteiger partial charge < -0.3 is 16.0 Å². The molecule has 0 amide bonds. The third-order valence-corrected chi connectivity index (χ3v) is 6.25. The van der Waals surface area contributed by atoms with Crippen molar-refractivity contribution >= 4 is 0 Å². The first kappa shape index (κ1) is 46.6. The molecule has 1 aliphatic rings. The molecule has 37 heavy (non-hydrogen) atoms. The molecule has 2 atom stereocenters. The lowest BCUT2D eigenvalue weighted by Gasteiger charge is -2.27. The van der Waals surface area contributed by atoms with Crippen molar-refractivity contribution in [2.45, 2.75) is 167 Å². The first-order valence-corrected chi connectivity index (χ1v) is 16.2. The van der Waals surface area contributed by atoms with Gasteiger partial charge in [0, 0.05) is 31.2 Å². The van der Waals surface area contributed by atoms with Crippen LogP contribution in [0.5, 0.6) is 0 Å². The molecule has 5 nitrogen and oxygen atoms in total. The Morgan fingerprint density at radius 2 is 1.14 bits per heavy atom. The Bertz CT molecular complexity index is 345. The van der Waals surface area contributed by atoms with Crippen molar-refractivity contribution in [1.29, 1.82) is 0 Å². The molecular weight excluding hydrogens is 454 g/mol. The number of nitrogens with one attached hydrogen (secondary N) is 1. The van der Waals surface area contributed by atoms with Crippen molar-refractivity contribution in [3.63, 3.8) is 0 Å². The predicted octanol–water partition coefficient (Wildman–Crippen LogP) is 8.09. The number of hydrogen-bond donors (Lipinski definition) is 2. The van der Waals surface area contributed by atoms with E-state index in [-0.39, 0.29) is 6.17 Å². The van der Waals surface area contributed by atoms with Crippen molar-refractivity contribution < 1.29 is 0 Å². The molecule has 1 aliphatic heterocycles. The van der Waals surface area contributed by atoms with Crippen LogP contribution in [-0.2, 0) is 0 Å². The lowest BCUT2D eigenvalue weighted by molar-refractivity contribution is 0.194. The van der Waals surface area contributed by atoms with E-state index >= 15 is 0 Å². The van der Waals surface area contributed by atoms with Crippen LogP contribution in [0.15, 0.2) is 0 Å². The second-order valence-corrected chi connectivity index (χ2v) is 9.93. The average molecular weight is 534 g/mol. The Hall–Kier alpha value is -0.200. The fourth-order valence-electron chi connectivity index (χ4n) is 3.54. The summed E-state index contributed by atoms with van der Waals surface area (Å²) in [7, 11) is 0. The Balaban J connectivity index is -0.000000123. The Kier molecular flexibility index (Phi) is 47.8. The van der Waals surface area contributed by atoms with Crippen molar-refractivity contribution in [3.8, 4) is 0 Å². The number of likely N-dealkylation sites (tertiary alicyclic amines) is 1. The van der Waals surface area contributed by atoms with Gasteiger partial charge in [0.2, 0.25) is 0 Å².